The Bertz CT molecular complexity index is 818. The first-order chi connectivity index (χ1) is 12.8. The number of rotatable bonds is 7. The van der Waals surface area contributed by atoms with Crippen molar-refractivity contribution in [2.75, 3.05) is 12.3 Å². The minimum Gasteiger partial charge on any atom is -0.445 e. The van der Waals surface area contributed by atoms with E-state index < -0.39 is 28.9 Å². The van der Waals surface area contributed by atoms with Crippen LogP contribution < -0.4 is 11.1 Å². The van der Waals surface area contributed by atoms with Gasteiger partial charge < -0.3 is 26.0 Å². The molecule has 0 heterocycles. The van der Waals surface area contributed by atoms with Crippen LogP contribution >= 0.6 is 11.6 Å². The highest BCUT2D eigenvalue weighted by Gasteiger charge is 2.25. The van der Waals surface area contributed by atoms with E-state index in [1.807, 2.05) is 6.07 Å². The van der Waals surface area contributed by atoms with Crippen LogP contribution in [0.3, 0.4) is 0 Å². The Labute approximate surface area is 159 Å². The number of nitrogens with one attached hydrogen (secondary N) is 1. The molecule has 0 radical (unpaired) electrons. The Balaban J connectivity index is 1.93. The molecule has 27 heavy (non-hydrogen) atoms. The SMILES string of the molecule is Nc1cc(Cl)c(C(O)C(O)CNC(=O)OCc2ccccc2)cc1[N+](=O)[O-]. The minimum atomic E-state index is -1.58. The van der Waals surface area contributed by atoms with Crippen molar-refractivity contribution in [3.63, 3.8) is 0 Å². The quantitative estimate of drug-likeness (QED) is 0.319. The zero-order valence-electron chi connectivity index (χ0n) is 14.0. The molecule has 0 spiro atoms. The summed E-state index contributed by atoms with van der Waals surface area (Å²) in [6.07, 6.45) is -3.85. The van der Waals surface area contributed by atoms with Crippen LogP contribution in [0.4, 0.5) is 16.2 Å². The summed E-state index contributed by atoms with van der Waals surface area (Å²) in [5.41, 5.74) is 5.59. The summed E-state index contributed by atoms with van der Waals surface area (Å²) in [6.45, 7) is -0.315. The van der Waals surface area contributed by atoms with E-state index in [9.17, 15) is 25.1 Å². The number of hydrogen-bond acceptors (Lipinski definition) is 7. The van der Waals surface area contributed by atoms with Gasteiger partial charge in [-0.3, -0.25) is 10.1 Å². The first-order valence-electron chi connectivity index (χ1n) is 7.83. The molecule has 0 bridgehead atoms. The van der Waals surface area contributed by atoms with Gasteiger partial charge in [-0.2, -0.15) is 0 Å². The number of nitro benzene ring substituents is 1. The van der Waals surface area contributed by atoms with Crippen molar-refractivity contribution in [2.45, 2.75) is 18.8 Å². The number of carbonyl (C=O) groups excluding carboxylic acids is 1. The second-order valence-corrected chi connectivity index (χ2v) is 6.05. The smallest absolute Gasteiger partial charge is 0.407 e. The monoisotopic (exact) mass is 395 g/mol. The van der Waals surface area contributed by atoms with Crippen LogP contribution in [0.5, 0.6) is 0 Å². The van der Waals surface area contributed by atoms with E-state index in [1.54, 1.807) is 24.3 Å². The number of nitrogens with two attached hydrogens (primary N) is 1. The zero-order valence-corrected chi connectivity index (χ0v) is 14.8. The lowest BCUT2D eigenvalue weighted by Crippen LogP contribution is -2.35. The van der Waals surface area contributed by atoms with Gasteiger partial charge in [0.2, 0.25) is 0 Å². The molecule has 2 rings (SSSR count). The number of aliphatic hydroxyl groups excluding tert-OH is 2. The molecule has 9 nitrogen and oxygen atoms in total. The average molecular weight is 396 g/mol. The predicted octanol–water partition coefficient (Wildman–Crippen LogP) is 2.15. The summed E-state index contributed by atoms with van der Waals surface area (Å²) < 4.78 is 4.98. The average Bonchev–Trinajstić information content (AvgIpc) is 2.64. The first-order valence-corrected chi connectivity index (χ1v) is 8.21. The Kier molecular flexibility index (Phi) is 6.94. The molecule has 1 amide bonds. The fourth-order valence-electron chi connectivity index (χ4n) is 2.26. The number of ether oxygens (including phenoxy) is 1. The van der Waals surface area contributed by atoms with E-state index in [0.717, 1.165) is 17.7 Å². The second kappa shape index (κ2) is 9.17. The third kappa shape index (κ3) is 5.55. The Morgan fingerprint density at radius 1 is 1.30 bits per heavy atom. The van der Waals surface area contributed by atoms with Crippen LogP contribution in [0.2, 0.25) is 5.02 Å². The molecule has 0 saturated carbocycles. The maximum absolute atomic E-state index is 11.7. The Morgan fingerprint density at radius 2 is 1.96 bits per heavy atom. The zero-order chi connectivity index (χ0) is 20.0. The standard InChI is InChI=1S/C17H18ClN3O6/c18-12-7-13(19)14(21(25)26)6-11(12)16(23)15(22)8-20-17(24)27-9-10-4-2-1-3-5-10/h1-7,15-16,22-23H,8-9,19H2,(H,20,24). The number of nitro groups is 1. The number of anilines is 1. The van der Waals surface area contributed by atoms with Gasteiger partial charge >= 0.3 is 6.09 Å². The number of benzene rings is 2. The van der Waals surface area contributed by atoms with Gasteiger partial charge in [-0.25, -0.2) is 4.79 Å². The molecule has 0 saturated heterocycles. The van der Waals surface area contributed by atoms with E-state index in [4.69, 9.17) is 22.1 Å². The Morgan fingerprint density at radius 3 is 2.59 bits per heavy atom. The van der Waals surface area contributed by atoms with Gasteiger partial charge in [-0.1, -0.05) is 41.9 Å². The van der Waals surface area contributed by atoms with Crippen molar-refractivity contribution in [3.8, 4) is 0 Å². The largest absolute Gasteiger partial charge is 0.445 e. The van der Waals surface area contributed by atoms with E-state index in [1.165, 1.54) is 0 Å². The molecule has 2 aromatic rings. The molecule has 2 unspecified atom stereocenters. The lowest BCUT2D eigenvalue weighted by Gasteiger charge is -2.19. The molecule has 0 aliphatic carbocycles. The van der Waals surface area contributed by atoms with Gasteiger partial charge in [-0.05, 0) is 11.6 Å². The van der Waals surface area contributed by atoms with Crippen molar-refractivity contribution < 1.29 is 24.7 Å². The summed E-state index contributed by atoms with van der Waals surface area (Å²) in [7, 11) is 0. The number of aliphatic hydroxyl groups is 2. The summed E-state index contributed by atoms with van der Waals surface area (Å²) in [4.78, 5) is 21.9. The van der Waals surface area contributed by atoms with E-state index in [2.05, 4.69) is 5.32 Å². The van der Waals surface area contributed by atoms with Crippen molar-refractivity contribution in [2.24, 2.45) is 0 Å². The molecule has 0 aliphatic rings. The molecular weight excluding hydrogens is 378 g/mol. The van der Waals surface area contributed by atoms with E-state index in [0.29, 0.717) is 0 Å². The van der Waals surface area contributed by atoms with Crippen LogP contribution in [-0.4, -0.2) is 33.9 Å². The molecule has 2 aromatic carbocycles. The van der Waals surface area contributed by atoms with Crippen LogP contribution in [0.1, 0.15) is 17.2 Å². The third-order valence-corrected chi connectivity index (χ3v) is 4.02. The minimum absolute atomic E-state index is 0.0430. The lowest BCUT2D eigenvalue weighted by molar-refractivity contribution is -0.384. The van der Waals surface area contributed by atoms with Crippen molar-refractivity contribution in [1.29, 1.82) is 0 Å². The maximum atomic E-state index is 11.7. The Hall–Kier alpha value is -2.88. The lowest BCUT2D eigenvalue weighted by atomic mass is 10.0. The van der Waals surface area contributed by atoms with Crippen LogP contribution in [0.15, 0.2) is 42.5 Å². The van der Waals surface area contributed by atoms with Crippen molar-refractivity contribution >= 4 is 29.1 Å². The number of amides is 1. The normalized spacial score (nSPS) is 12.9. The molecule has 10 heteroatoms. The van der Waals surface area contributed by atoms with Gasteiger partial charge in [0, 0.05) is 23.2 Å². The number of halogens is 1. The van der Waals surface area contributed by atoms with Gasteiger partial charge in [0.15, 0.2) is 0 Å². The van der Waals surface area contributed by atoms with Crippen LogP contribution in [0, 0.1) is 10.1 Å². The van der Waals surface area contributed by atoms with Crippen molar-refractivity contribution in [1.82, 2.24) is 5.32 Å². The van der Waals surface area contributed by atoms with Gasteiger partial charge in [0.05, 0.1) is 4.92 Å². The molecule has 144 valence electrons. The summed E-state index contributed by atoms with van der Waals surface area (Å²) >= 11 is 5.94. The number of nitrogens with zero attached hydrogens (tertiary/aromatic N) is 1. The summed E-state index contributed by atoms with van der Waals surface area (Å²) in [5, 5.41) is 33.4. The van der Waals surface area contributed by atoms with E-state index >= 15 is 0 Å². The number of alkyl carbamates (subject to hydrolysis) is 1. The van der Waals surface area contributed by atoms with Crippen LogP contribution in [-0.2, 0) is 11.3 Å². The van der Waals surface area contributed by atoms with E-state index in [-0.39, 0.29) is 29.4 Å². The van der Waals surface area contributed by atoms with Crippen molar-refractivity contribution in [3.05, 3.63) is 68.7 Å². The van der Waals surface area contributed by atoms with Gasteiger partial charge in [0.25, 0.3) is 5.69 Å². The van der Waals surface area contributed by atoms with Gasteiger partial charge in [0.1, 0.15) is 24.5 Å². The molecule has 2 atom stereocenters. The highest BCUT2D eigenvalue weighted by molar-refractivity contribution is 6.31. The highest BCUT2D eigenvalue weighted by atomic mass is 35.5. The molecule has 0 aliphatic heterocycles. The van der Waals surface area contributed by atoms with Crippen LogP contribution in [0.25, 0.3) is 0 Å². The molecule has 0 fully saturated rings. The maximum Gasteiger partial charge on any atom is 0.407 e. The highest BCUT2D eigenvalue weighted by Crippen LogP contribution is 2.33. The first kappa shape index (κ1) is 20.4. The topological polar surface area (TPSA) is 148 Å². The fourth-order valence-corrected chi connectivity index (χ4v) is 2.54. The second-order valence-electron chi connectivity index (χ2n) is 5.64. The van der Waals surface area contributed by atoms with Gasteiger partial charge in [-0.15, -0.1) is 0 Å². The molecule has 0 aromatic heterocycles. The number of carbonyl (C=O) groups is 1. The number of nitrogen functional groups attached to an aromatic ring is 1. The third-order valence-electron chi connectivity index (χ3n) is 3.69. The number of hydrogen-bond donors (Lipinski definition) is 4. The molecular formula is C17H18ClN3O6. The predicted molar refractivity (Wildman–Crippen MR) is 98.1 cm³/mol. The molecule has 5 N–H and O–H groups in total. The fraction of sp³-hybridized carbons (Fsp3) is 0.235. The summed E-state index contributed by atoms with van der Waals surface area (Å²) in [5.74, 6) is 0. The summed E-state index contributed by atoms with van der Waals surface area (Å²) in [6, 6.07) is 11.1.